The number of ether oxygens (including phenoxy) is 1. The first-order valence-electron chi connectivity index (χ1n) is 15.8. The second-order valence-electron chi connectivity index (χ2n) is 13.2. The van der Waals surface area contributed by atoms with Gasteiger partial charge in [0, 0.05) is 31.6 Å². The summed E-state index contributed by atoms with van der Waals surface area (Å²) in [6, 6.07) is 0.345. The number of amidine groups is 1. The Kier molecular flexibility index (Phi) is 9.64. The SMILES string of the molecule is N=C(N)C1CCC2CC(C(=O)N3CCC(CCN)CC3)N(CC3CCC(OC4CCC(F)CC4)CC3)C2C1. The second kappa shape index (κ2) is 12.9. The van der Waals surface area contributed by atoms with Crippen LogP contribution in [-0.2, 0) is 9.53 Å². The molecule has 4 atom stereocenters. The number of hydrogen-bond donors (Lipinski definition) is 3. The fourth-order valence-corrected chi connectivity index (χ4v) is 8.40. The fourth-order valence-electron chi connectivity index (χ4n) is 8.40. The van der Waals surface area contributed by atoms with Crippen LogP contribution in [0.25, 0.3) is 0 Å². The van der Waals surface area contributed by atoms with Crippen molar-refractivity contribution in [2.24, 2.45) is 35.1 Å². The lowest BCUT2D eigenvalue weighted by atomic mass is 9.77. The molecule has 0 aromatic rings. The summed E-state index contributed by atoms with van der Waals surface area (Å²) in [4.78, 5) is 18.6. The van der Waals surface area contributed by atoms with Crippen LogP contribution in [0.3, 0.4) is 0 Å². The molecule has 2 heterocycles. The molecule has 5 aliphatic rings. The minimum atomic E-state index is -0.634. The number of fused-ring (bicyclic) bond motifs is 1. The number of rotatable bonds is 8. The van der Waals surface area contributed by atoms with Crippen molar-refractivity contribution in [3.8, 4) is 0 Å². The third kappa shape index (κ3) is 6.72. The maximum Gasteiger partial charge on any atom is 0.239 e. The van der Waals surface area contributed by atoms with E-state index in [4.69, 9.17) is 21.6 Å². The summed E-state index contributed by atoms with van der Waals surface area (Å²) in [5.41, 5.74) is 11.8. The quantitative estimate of drug-likeness (QED) is 0.320. The molecule has 0 aromatic carbocycles. The monoisotopic (exact) mass is 533 g/mol. The van der Waals surface area contributed by atoms with Crippen molar-refractivity contribution in [1.82, 2.24) is 9.80 Å². The first kappa shape index (κ1) is 28.3. The smallest absolute Gasteiger partial charge is 0.239 e. The number of nitrogens with one attached hydrogen (secondary N) is 1. The van der Waals surface area contributed by atoms with Gasteiger partial charge in [0.05, 0.1) is 24.1 Å². The van der Waals surface area contributed by atoms with Crippen molar-refractivity contribution in [2.75, 3.05) is 26.2 Å². The zero-order chi connectivity index (χ0) is 26.6. The summed E-state index contributed by atoms with van der Waals surface area (Å²) in [7, 11) is 0. The lowest BCUT2D eigenvalue weighted by molar-refractivity contribution is -0.138. The van der Waals surface area contributed by atoms with Crippen molar-refractivity contribution >= 4 is 11.7 Å². The minimum Gasteiger partial charge on any atom is -0.387 e. The van der Waals surface area contributed by atoms with E-state index in [1.54, 1.807) is 0 Å². The number of hydrogen-bond acceptors (Lipinski definition) is 5. The Labute approximate surface area is 229 Å². The van der Waals surface area contributed by atoms with Gasteiger partial charge in [-0.2, -0.15) is 0 Å². The van der Waals surface area contributed by atoms with Gasteiger partial charge in [-0.05, 0) is 121 Å². The number of likely N-dealkylation sites (tertiary alicyclic amines) is 2. The van der Waals surface area contributed by atoms with Gasteiger partial charge in [-0.15, -0.1) is 0 Å². The molecule has 3 saturated carbocycles. The number of amides is 1. The first-order chi connectivity index (χ1) is 18.4. The normalized spacial score (nSPS) is 39.2. The molecule has 38 heavy (non-hydrogen) atoms. The molecule has 0 radical (unpaired) electrons. The zero-order valence-corrected chi connectivity index (χ0v) is 23.4. The van der Waals surface area contributed by atoms with E-state index in [2.05, 4.69) is 9.80 Å². The number of halogens is 1. The molecule has 216 valence electrons. The molecule has 0 aromatic heterocycles. The Morgan fingerprint density at radius 3 is 2.16 bits per heavy atom. The predicted octanol–water partition coefficient (Wildman–Crippen LogP) is 4.23. The number of nitrogens with two attached hydrogens (primary N) is 2. The lowest BCUT2D eigenvalue weighted by Gasteiger charge is -2.41. The summed E-state index contributed by atoms with van der Waals surface area (Å²) in [5, 5.41) is 8.09. The summed E-state index contributed by atoms with van der Waals surface area (Å²) >= 11 is 0. The summed E-state index contributed by atoms with van der Waals surface area (Å²) in [5.74, 6) is 2.60. The number of piperidine rings is 1. The third-order valence-corrected chi connectivity index (χ3v) is 10.8. The molecular formula is C30H52FN5O2. The maximum atomic E-state index is 13.9. The van der Waals surface area contributed by atoms with Crippen LogP contribution in [0.5, 0.6) is 0 Å². The average Bonchev–Trinajstić information content (AvgIpc) is 3.28. The lowest BCUT2D eigenvalue weighted by Crippen LogP contribution is -2.52. The Hall–Kier alpha value is -1.25. The van der Waals surface area contributed by atoms with Crippen molar-refractivity contribution in [3.05, 3.63) is 0 Å². The average molecular weight is 534 g/mol. The molecule has 0 bridgehead atoms. The highest BCUT2D eigenvalue weighted by Crippen LogP contribution is 2.44. The number of carbonyl (C=O) groups is 1. The van der Waals surface area contributed by atoms with Crippen LogP contribution >= 0.6 is 0 Å². The van der Waals surface area contributed by atoms with Gasteiger partial charge in [0.25, 0.3) is 0 Å². The van der Waals surface area contributed by atoms with Gasteiger partial charge in [-0.1, -0.05) is 0 Å². The topological polar surface area (TPSA) is 109 Å². The third-order valence-electron chi connectivity index (χ3n) is 10.8. The summed E-state index contributed by atoms with van der Waals surface area (Å²) in [6.07, 6.45) is 14.5. The van der Waals surface area contributed by atoms with Gasteiger partial charge >= 0.3 is 0 Å². The molecule has 5 N–H and O–H groups in total. The van der Waals surface area contributed by atoms with E-state index in [0.29, 0.717) is 54.5 Å². The van der Waals surface area contributed by atoms with Crippen molar-refractivity contribution in [3.63, 3.8) is 0 Å². The van der Waals surface area contributed by atoms with E-state index in [1.807, 2.05) is 0 Å². The van der Waals surface area contributed by atoms with Gasteiger partial charge in [-0.3, -0.25) is 15.1 Å². The van der Waals surface area contributed by atoms with E-state index in [0.717, 1.165) is 110 Å². The van der Waals surface area contributed by atoms with Crippen molar-refractivity contribution in [2.45, 2.75) is 127 Å². The van der Waals surface area contributed by atoms with Crippen LogP contribution in [0.1, 0.15) is 96.3 Å². The Morgan fingerprint density at radius 1 is 0.868 bits per heavy atom. The van der Waals surface area contributed by atoms with Crippen molar-refractivity contribution in [1.29, 1.82) is 5.41 Å². The molecule has 5 fully saturated rings. The van der Waals surface area contributed by atoms with E-state index in [1.165, 1.54) is 0 Å². The van der Waals surface area contributed by atoms with Gasteiger partial charge in [0.1, 0.15) is 6.17 Å². The van der Waals surface area contributed by atoms with E-state index >= 15 is 0 Å². The molecular weight excluding hydrogens is 481 g/mol. The van der Waals surface area contributed by atoms with Gasteiger partial charge in [0.2, 0.25) is 5.91 Å². The van der Waals surface area contributed by atoms with Crippen LogP contribution in [0.4, 0.5) is 4.39 Å². The highest BCUT2D eigenvalue weighted by atomic mass is 19.1. The van der Waals surface area contributed by atoms with Crippen LogP contribution in [-0.4, -0.2) is 78.2 Å². The molecule has 4 unspecified atom stereocenters. The molecule has 8 heteroatoms. The predicted molar refractivity (Wildman–Crippen MR) is 149 cm³/mol. The largest absolute Gasteiger partial charge is 0.387 e. The fraction of sp³-hybridized carbons (Fsp3) is 0.933. The van der Waals surface area contributed by atoms with Crippen LogP contribution in [0.2, 0.25) is 0 Å². The number of alkyl halides is 1. The highest BCUT2D eigenvalue weighted by Gasteiger charge is 2.49. The maximum absolute atomic E-state index is 13.9. The Bertz CT molecular complexity index is 790. The number of carbonyl (C=O) groups excluding carboxylic acids is 1. The van der Waals surface area contributed by atoms with E-state index in [-0.39, 0.29) is 18.1 Å². The molecule has 5 rings (SSSR count). The van der Waals surface area contributed by atoms with Gasteiger partial charge < -0.3 is 21.1 Å². The summed E-state index contributed by atoms with van der Waals surface area (Å²) in [6.45, 7) is 3.45. The molecule has 0 spiro atoms. The first-order valence-corrected chi connectivity index (χ1v) is 15.8. The standard InChI is InChI=1S/C30H52FN5O2/c31-24-5-9-26(10-6-24)38-25-7-1-21(2-8-25)19-36-27-18-23(29(33)34)4-3-22(27)17-28(36)30(37)35-15-12-20(11-14-32)13-16-35/h20-28H,1-19,32H2,(H3,33,34). The molecule has 7 nitrogen and oxygen atoms in total. The summed E-state index contributed by atoms with van der Waals surface area (Å²) < 4.78 is 19.9. The molecule has 2 aliphatic heterocycles. The number of nitrogens with zero attached hydrogens (tertiary/aromatic N) is 2. The Balaban J connectivity index is 1.19. The van der Waals surface area contributed by atoms with Crippen LogP contribution in [0, 0.1) is 29.1 Å². The molecule has 3 aliphatic carbocycles. The van der Waals surface area contributed by atoms with Crippen LogP contribution in [0.15, 0.2) is 0 Å². The highest BCUT2D eigenvalue weighted by molar-refractivity contribution is 5.83. The van der Waals surface area contributed by atoms with Crippen molar-refractivity contribution < 1.29 is 13.9 Å². The van der Waals surface area contributed by atoms with Crippen LogP contribution < -0.4 is 11.5 Å². The van der Waals surface area contributed by atoms with E-state index < -0.39 is 6.17 Å². The molecule has 2 saturated heterocycles. The zero-order valence-electron chi connectivity index (χ0n) is 23.4. The van der Waals surface area contributed by atoms with Gasteiger partial charge in [0.15, 0.2) is 0 Å². The minimum absolute atomic E-state index is 0.0216. The molecule has 1 amide bonds. The second-order valence-corrected chi connectivity index (χ2v) is 13.2. The van der Waals surface area contributed by atoms with E-state index in [9.17, 15) is 9.18 Å². The van der Waals surface area contributed by atoms with Gasteiger partial charge in [-0.25, -0.2) is 4.39 Å². The Morgan fingerprint density at radius 2 is 1.53 bits per heavy atom.